The minimum atomic E-state index is 0.655. The van der Waals surface area contributed by atoms with Crippen LogP contribution in [0.4, 0.5) is 0 Å². The molecule has 1 aliphatic heterocycles. The summed E-state index contributed by atoms with van der Waals surface area (Å²) in [6.07, 6.45) is 1.92. The van der Waals surface area contributed by atoms with Crippen molar-refractivity contribution >= 4 is 6.34 Å². The summed E-state index contributed by atoms with van der Waals surface area (Å²) in [6, 6.07) is 0.655. The van der Waals surface area contributed by atoms with Crippen molar-refractivity contribution in [2.75, 3.05) is 13.6 Å². The van der Waals surface area contributed by atoms with Gasteiger partial charge in [-0.05, 0) is 12.8 Å². The van der Waals surface area contributed by atoms with Crippen LogP contribution in [-0.4, -0.2) is 30.9 Å². The molecular formula is C7H14N2. The van der Waals surface area contributed by atoms with E-state index in [-0.39, 0.29) is 0 Å². The van der Waals surface area contributed by atoms with Gasteiger partial charge in [-0.2, -0.15) is 0 Å². The normalized spacial score (nSPS) is 35.2. The van der Waals surface area contributed by atoms with Gasteiger partial charge in [0.2, 0.25) is 0 Å². The summed E-state index contributed by atoms with van der Waals surface area (Å²) in [4.78, 5) is 6.35. The summed E-state index contributed by atoms with van der Waals surface area (Å²) in [5.74, 6) is 0.708. The summed E-state index contributed by atoms with van der Waals surface area (Å²) in [5, 5.41) is 0. The highest BCUT2D eigenvalue weighted by molar-refractivity contribution is 5.55. The van der Waals surface area contributed by atoms with E-state index >= 15 is 0 Å². The molecule has 1 rings (SSSR count). The first-order valence-corrected chi connectivity index (χ1v) is 3.43. The standard InChI is InChI=1S/C7H14N2/c1-6-4-8-5-9(3)7(6)2/h5-7H,4H2,1-3H3. The van der Waals surface area contributed by atoms with Gasteiger partial charge in [0.1, 0.15) is 0 Å². The van der Waals surface area contributed by atoms with Crippen LogP contribution in [0.15, 0.2) is 4.99 Å². The Morgan fingerprint density at radius 2 is 2.22 bits per heavy atom. The Kier molecular flexibility index (Phi) is 1.74. The molecule has 0 saturated carbocycles. The van der Waals surface area contributed by atoms with Gasteiger partial charge in [-0.1, -0.05) is 6.92 Å². The third kappa shape index (κ3) is 1.23. The highest BCUT2D eigenvalue weighted by Gasteiger charge is 2.17. The van der Waals surface area contributed by atoms with Crippen molar-refractivity contribution in [3.8, 4) is 0 Å². The van der Waals surface area contributed by atoms with Gasteiger partial charge in [-0.25, -0.2) is 0 Å². The summed E-state index contributed by atoms with van der Waals surface area (Å²) in [6.45, 7) is 5.46. The van der Waals surface area contributed by atoms with Crippen LogP contribution >= 0.6 is 0 Å². The Hall–Kier alpha value is -0.530. The molecule has 0 aromatic carbocycles. The molecule has 1 heterocycles. The smallest absolute Gasteiger partial charge is 0.0849 e. The van der Waals surface area contributed by atoms with E-state index in [0.29, 0.717) is 12.0 Å². The number of nitrogens with zero attached hydrogens (tertiary/aromatic N) is 2. The van der Waals surface area contributed by atoms with Gasteiger partial charge in [0, 0.05) is 19.6 Å². The summed E-state index contributed by atoms with van der Waals surface area (Å²) in [5.41, 5.74) is 0. The van der Waals surface area contributed by atoms with E-state index in [2.05, 4.69) is 30.8 Å². The molecular weight excluding hydrogens is 112 g/mol. The monoisotopic (exact) mass is 126 g/mol. The fourth-order valence-corrected chi connectivity index (χ4v) is 1.00. The topological polar surface area (TPSA) is 15.6 Å². The first-order valence-electron chi connectivity index (χ1n) is 3.43. The van der Waals surface area contributed by atoms with Crippen LogP contribution in [0.5, 0.6) is 0 Å². The summed E-state index contributed by atoms with van der Waals surface area (Å²) < 4.78 is 0. The van der Waals surface area contributed by atoms with E-state index in [0.717, 1.165) is 6.54 Å². The second-order valence-electron chi connectivity index (χ2n) is 2.86. The van der Waals surface area contributed by atoms with Crippen LogP contribution < -0.4 is 0 Å². The predicted octanol–water partition coefficient (Wildman–Crippen LogP) is 0.985. The molecule has 0 N–H and O–H groups in total. The minimum absolute atomic E-state index is 0.655. The molecule has 0 fully saturated rings. The second kappa shape index (κ2) is 2.38. The third-order valence-corrected chi connectivity index (χ3v) is 2.12. The third-order valence-electron chi connectivity index (χ3n) is 2.12. The lowest BCUT2D eigenvalue weighted by molar-refractivity contribution is 0.287. The number of aliphatic imine (C=N–C) groups is 1. The molecule has 0 amide bonds. The minimum Gasteiger partial charge on any atom is -0.363 e. The van der Waals surface area contributed by atoms with Gasteiger partial charge >= 0.3 is 0 Å². The van der Waals surface area contributed by atoms with Crippen molar-refractivity contribution in [2.24, 2.45) is 10.9 Å². The van der Waals surface area contributed by atoms with E-state index in [9.17, 15) is 0 Å². The van der Waals surface area contributed by atoms with Gasteiger partial charge in [0.05, 0.1) is 6.34 Å². The number of hydrogen-bond acceptors (Lipinski definition) is 2. The maximum absolute atomic E-state index is 4.19. The lowest BCUT2D eigenvalue weighted by Gasteiger charge is -2.30. The molecule has 2 heteroatoms. The highest BCUT2D eigenvalue weighted by atomic mass is 15.2. The molecule has 2 nitrogen and oxygen atoms in total. The van der Waals surface area contributed by atoms with Crippen LogP contribution in [0.25, 0.3) is 0 Å². The maximum Gasteiger partial charge on any atom is 0.0849 e. The van der Waals surface area contributed by atoms with Gasteiger partial charge in [0.15, 0.2) is 0 Å². The van der Waals surface area contributed by atoms with Gasteiger partial charge in [-0.15, -0.1) is 0 Å². The molecule has 0 saturated heterocycles. The van der Waals surface area contributed by atoms with Crippen molar-refractivity contribution in [1.82, 2.24) is 4.90 Å². The average Bonchev–Trinajstić information content (AvgIpc) is 1.83. The molecule has 0 aliphatic carbocycles. The number of rotatable bonds is 0. The quantitative estimate of drug-likeness (QED) is 0.472. The Morgan fingerprint density at radius 1 is 1.56 bits per heavy atom. The zero-order valence-corrected chi connectivity index (χ0v) is 6.33. The summed E-state index contributed by atoms with van der Waals surface area (Å²) in [7, 11) is 2.07. The van der Waals surface area contributed by atoms with E-state index in [4.69, 9.17) is 0 Å². The van der Waals surface area contributed by atoms with Gasteiger partial charge < -0.3 is 4.90 Å². The molecule has 9 heavy (non-hydrogen) atoms. The van der Waals surface area contributed by atoms with Crippen LogP contribution in [0.1, 0.15) is 13.8 Å². The van der Waals surface area contributed by atoms with Crippen LogP contribution in [0.3, 0.4) is 0 Å². The van der Waals surface area contributed by atoms with Crippen molar-refractivity contribution < 1.29 is 0 Å². The van der Waals surface area contributed by atoms with Crippen molar-refractivity contribution in [3.63, 3.8) is 0 Å². The number of hydrogen-bond donors (Lipinski definition) is 0. The Labute approximate surface area is 56.6 Å². The summed E-state index contributed by atoms with van der Waals surface area (Å²) >= 11 is 0. The van der Waals surface area contributed by atoms with Crippen LogP contribution in [0, 0.1) is 5.92 Å². The molecule has 0 bridgehead atoms. The molecule has 1 aliphatic rings. The van der Waals surface area contributed by atoms with Gasteiger partial charge in [0.25, 0.3) is 0 Å². The van der Waals surface area contributed by atoms with Gasteiger partial charge in [-0.3, -0.25) is 4.99 Å². The van der Waals surface area contributed by atoms with E-state index in [1.807, 2.05) is 6.34 Å². The molecule has 2 atom stereocenters. The first-order chi connectivity index (χ1) is 4.22. The molecule has 2 unspecified atom stereocenters. The Balaban J connectivity index is 2.58. The van der Waals surface area contributed by atoms with Crippen LogP contribution in [-0.2, 0) is 0 Å². The zero-order valence-electron chi connectivity index (χ0n) is 6.33. The van der Waals surface area contributed by atoms with E-state index in [1.165, 1.54) is 0 Å². The van der Waals surface area contributed by atoms with E-state index < -0.39 is 0 Å². The van der Waals surface area contributed by atoms with Crippen LogP contribution in [0.2, 0.25) is 0 Å². The zero-order chi connectivity index (χ0) is 6.85. The Bertz CT molecular complexity index is 120. The molecule has 0 aromatic heterocycles. The molecule has 0 spiro atoms. The SMILES string of the molecule is CC1CN=CN(C)C1C. The fourth-order valence-electron chi connectivity index (χ4n) is 1.00. The molecule has 0 aromatic rings. The average molecular weight is 126 g/mol. The fraction of sp³-hybridized carbons (Fsp3) is 0.857. The van der Waals surface area contributed by atoms with Crippen molar-refractivity contribution in [2.45, 2.75) is 19.9 Å². The predicted molar refractivity (Wildman–Crippen MR) is 39.7 cm³/mol. The lowest BCUT2D eigenvalue weighted by Crippen LogP contribution is -2.38. The second-order valence-corrected chi connectivity index (χ2v) is 2.86. The lowest BCUT2D eigenvalue weighted by atomic mass is 10.0. The largest absolute Gasteiger partial charge is 0.363 e. The van der Waals surface area contributed by atoms with Crippen molar-refractivity contribution in [1.29, 1.82) is 0 Å². The maximum atomic E-state index is 4.19. The molecule has 0 radical (unpaired) electrons. The first kappa shape index (κ1) is 6.59. The Morgan fingerprint density at radius 3 is 2.67 bits per heavy atom. The van der Waals surface area contributed by atoms with Crippen molar-refractivity contribution in [3.05, 3.63) is 0 Å². The molecule has 52 valence electrons. The highest BCUT2D eigenvalue weighted by Crippen LogP contribution is 2.11. The van der Waals surface area contributed by atoms with E-state index in [1.54, 1.807) is 0 Å².